The second-order valence-electron chi connectivity index (χ2n) is 4.80. The second-order valence-corrected chi connectivity index (χ2v) is 5.23. The van der Waals surface area contributed by atoms with Crippen molar-refractivity contribution in [3.05, 3.63) is 29.0 Å². The number of hydrogen-bond donors (Lipinski definition) is 2. The molecule has 5 nitrogen and oxygen atoms in total. The molecule has 0 radical (unpaired) electrons. The van der Waals surface area contributed by atoms with E-state index in [1.807, 2.05) is 0 Å². The Kier molecular flexibility index (Phi) is 4.13. The molecular formula is C13H14ClFN2O3. The number of nitrogens with one attached hydrogen (secondary N) is 1. The molecule has 0 aromatic heterocycles. The molecule has 1 heterocycles. The van der Waals surface area contributed by atoms with Crippen molar-refractivity contribution >= 4 is 29.3 Å². The summed E-state index contributed by atoms with van der Waals surface area (Å²) in [6.45, 7) is 2.10. The van der Waals surface area contributed by atoms with Crippen molar-refractivity contribution in [1.82, 2.24) is 4.90 Å². The molecule has 108 valence electrons. The lowest BCUT2D eigenvalue weighted by atomic mass is 10.0. The third-order valence-electron chi connectivity index (χ3n) is 3.38. The third-order valence-corrected chi connectivity index (χ3v) is 3.62. The molecule has 1 aromatic rings. The summed E-state index contributed by atoms with van der Waals surface area (Å²) in [7, 11) is 0. The number of amides is 2. The molecule has 2 unspecified atom stereocenters. The van der Waals surface area contributed by atoms with Gasteiger partial charge in [-0.3, -0.25) is 0 Å². The highest BCUT2D eigenvalue weighted by Gasteiger charge is 2.39. The molecule has 20 heavy (non-hydrogen) atoms. The number of carbonyl (C=O) groups is 2. The molecule has 1 aromatic carbocycles. The number of carboxylic acids is 1. The van der Waals surface area contributed by atoms with Gasteiger partial charge in [-0.05, 0) is 30.5 Å². The fraction of sp³-hybridized carbons (Fsp3) is 0.385. The molecule has 2 amide bonds. The van der Waals surface area contributed by atoms with Crippen molar-refractivity contribution in [2.45, 2.75) is 19.4 Å². The van der Waals surface area contributed by atoms with Crippen molar-refractivity contribution < 1.29 is 19.1 Å². The smallest absolute Gasteiger partial charge is 0.326 e. The summed E-state index contributed by atoms with van der Waals surface area (Å²) in [5.74, 6) is -1.82. The predicted molar refractivity (Wildman–Crippen MR) is 72.3 cm³/mol. The number of urea groups is 1. The van der Waals surface area contributed by atoms with Crippen LogP contribution in [0.25, 0.3) is 0 Å². The minimum absolute atomic E-state index is 0.0637. The maximum atomic E-state index is 13.5. The Hall–Kier alpha value is -1.82. The number of carbonyl (C=O) groups excluding carboxylic acids is 1. The molecule has 1 saturated heterocycles. The standard InChI is InChI=1S/C13H14ClFN2O3/c1-7-4-5-17(11(7)12(18)19)13(20)16-10-6-8(14)2-3-9(10)15/h2-3,6-7,11H,4-5H2,1H3,(H,16,20)(H,18,19). The first-order chi connectivity index (χ1) is 9.40. The van der Waals surface area contributed by atoms with E-state index in [-0.39, 0.29) is 16.6 Å². The average Bonchev–Trinajstić information content (AvgIpc) is 2.76. The highest BCUT2D eigenvalue weighted by molar-refractivity contribution is 6.30. The molecule has 2 atom stereocenters. The lowest BCUT2D eigenvalue weighted by Gasteiger charge is -2.23. The molecule has 0 saturated carbocycles. The van der Waals surface area contributed by atoms with Crippen LogP contribution in [0.3, 0.4) is 0 Å². The number of anilines is 1. The largest absolute Gasteiger partial charge is 0.480 e. The van der Waals surface area contributed by atoms with E-state index in [2.05, 4.69) is 5.32 Å². The van der Waals surface area contributed by atoms with Gasteiger partial charge in [0.1, 0.15) is 11.9 Å². The van der Waals surface area contributed by atoms with Gasteiger partial charge in [-0.25, -0.2) is 14.0 Å². The zero-order valence-corrected chi connectivity index (χ0v) is 11.5. The van der Waals surface area contributed by atoms with Gasteiger partial charge < -0.3 is 15.3 Å². The summed E-state index contributed by atoms with van der Waals surface area (Å²) in [4.78, 5) is 24.5. The summed E-state index contributed by atoms with van der Waals surface area (Å²) < 4.78 is 13.5. The highest BCUT2D eigenvalue weighted by atomic mass is 35.5. The average molecular weight is 301 g/mol. The Bertz CT molecular complexity index is 552. The Labute approximate surface area is 120 Å². The van der Waals surface area contributed by atoms with Crippen LogP contribution < -0.4 is 5.32 Å². The predicted octanol–water partition coefficient (Wildman–Crippen LogP) is 2.81. The van der Waals surface area contributed by atoms with Crippen molar-refractivity contribution in [1.29, 1.82) is 0 Å². The summed E-state index contributed by atoms with van der Waals surface area (Å²) in [5, 5.41) is 11.8. The molecular weight excluding hydrogens is 287 g/mol. The molecule has 1 aliphatic heterocycles. The van der Waals surface area contributed by atoms with Crippen LogP contribution in [0.1, 0.15) is 13.3 Å². The summed E-state index contributed by atoms with van der Waals surface area (Å²) in [6, 6.07) is 2.26. The van der Waals surface area contributed by atoms with Crippen molar-refractivity contribution in [2.24, 2.45) is 5.92 Å². The number of halogens is 2. The first kappa shape index (κ1) is 14.6. The van der Waals surface area contributed by atoms with Crippen LogP contribution in [0.15, 0.2) is 18.2 Å². The van der Waals surface area contributed by atoms with Gasteiger partial charge in [0.15, 0.2) is 0 Å². The maximum absolute atomic E-state index is 13.5. The molecule has 0 bridgehead atoms. The van der Waals surface area contributed by atoms with E-state index in [1.165, 1.54) is 17.0 Å². The van der Waals surface area contributed by atoms with E-state index in [9.17, 15) is 14.0 Å². The number of aliphatic carboxylic acids is 1. The van der Waals surface area contributed by atoms with Gasteiger partial charge in [0, 0.05) is 11.6 Å². The highest BCUT2D eigenvalue weighted by Crippen LogP contribution is 2.26. The summed E-state index contributed by atoms with van der Waals surface area (Å²) in [6.07, 6.45) is 0.600. The van der Waals surface area contributed by atoms with Gasteiger partial charge in [-0.2, -0.15) is 0 Å². The van der Waals surface area contributed by atoms with Crippen LogP contribution in [0, 0.1) is 11.7 Å². The Morgan fingerprint density at radius 2 is 2.20 bits per heavy atom. The number of likely N-dealkylation sites (tertiary alicyclic amines) is 1. The Balaban J connectivity index is 2.16. The molecule has 7 heteroatoms. The first-order valence-electron chi connectivity index (χ1n) is 6.15. The molecule has 2 rings (SSSR count). The van der Waals surface area contributed by atoms with Crippen LogP contribution in [-0.4, -0.2) is 34.6 Å². The molecule has 0 aliphatic carbocycles. The topological polar surface area (TPSA) is 69.6 Å². The Morgan fingerprint density at radius 3 is 2.85 bits per heavy atom. The molecule has 0 spiro atoms. The van der Waals surface area contributed by atoms with Crippen molar-refractivity contribution in [3.8, 4) is 0 Å². The van der Waals surface area contributed by atoms with Gasteiger partial charge in [0.25, 0.3) is 0 Å². The summed E-state index contributed by atoms with van der Waals surface area (Å²) in [5.41, 5.74) is -0.0637. The second kappa shape index (κ2) is 5.66. The van der Waals surface area contributed by atoms with E-state index in [4.69, 9.17) is 16.7 Å². The lowest BCUT2D eigenvalue weighted by molar-refractivity contribution is -0.142. The van der Waals surface area contributed by atoms with E-state index < -0.39 is 23.9 Å². The number of nitrogens with zero attached hydrogens (tertiary/aromatic N) is 1. The van der Waals surface area contributed by atoms with Gasteiger partial charge in [0.2, 0.25) is 0 Å². The molecule has 1 aliphatic rings. The van der Waals surface area contributed by atoms with Gasteiger partial charge in [-0.1, -0.05) is 18.5 Å². The van der Waals surface area contributed by atoms with Crippen LogP contribution >= 0.6 is 11.6 Å². The quantitative estimate of drug-likeness (QED) is 0.882. The van der Waals surface area contributed by atoms with Crippen molar-refractivity contribution in [3.63, 3.8) is 0 Å². The van der Waals surface area contributed by atoms with Crippen molar-refractivity contribution in [2.75, 3.05) is 11.9 Å². The van der Waals surface area contributed by atoms with E-state index >= 15 is 0 Å². The third kappa shape index (κ3) is 2.85. The van der Waals surface area contributed by atoms with Crippen LogP contribution in [0.2, 0.25) is 5.02 Å². The minimum atomic E-state index is -1.06. The molecule has 2 N–H and O–H groups in total. The minimum Gasteiger partial charge on any atom is -0.480 e. The van der Waals surface area contributed by atoms with Crippen LogP contribution in [-0.2, 0) is 4.79 Å². The summed E-state index contributed by atoms with van der Waals surface area (Å²) >= 11 is 5.74. The number of benzene rings is 1. The fourth-order valence-corrected chi connectivity index (χ4v) is 2.50. The monoisotopic (exact) mass is 300 g/mol. The first-order valence-corrected chi connectivity index (χ1v) is 6.53. The van der Waals surface area contributed by atoms with Gasteiger partial charge >= 0.3 is 12.0 Å². The number of rotatable bonds is 2. The zero-order chi connectivity index (χ0) is 14.9. The van der Waals surface area contributed by atoms with E-state index in [1.54, 1.807) is 6.92 Å². The van der Waals surface area contributed by atoms with Crippen LogP contribution in [0.5, 0.6) is 0 Å². The fourth-order valence-electron chi connectivity index (χ4n) is 2.33. The molecule has 1 fully saturated rings. The van der Waals surface area contributed by atoms with E-state index in [0.717, 1.165) is 6.07 Å². The number of hydrogen-bond acceptors (Lipinski definition) is 2. The van der Waals surface area contributed by atoms with E-state index in [0.29, 0.717) is 13.0 Å². The van der Waals surface area contributed by atoms with Gasteiger partial charge in [-0.15, -0.1) is 0 Å². The van der Waals surface area contributed by atoms with Crippen LogP contribution in [0.4, 0.5) is 14.9 Å². The van der Waals surface area contributed by atoms with Gasteiger partial charge in [0.05, 0.1) is 5.69 Å². The zero-order valence-electron chi connectivity index (χ0n) is 10.8. The maximum Gasteiger partial charge on any atom is 0.326 e. The SMILES string of the molecule is CC1CCN(C(=O)Nc2cc(Cl)ccc2F)C1C(=O)O. The number of carboxylic acid groups (broad SMARTS) is 1. The lowest BCUT2D eigenvalue weighted by Crippen LogP contribution is -2.44. The Morgan fingerprint density at radius 1 is 1.50 bits per heavy atom. The normalized spacial score (nSPS) is 21.9.